The van der Waals surface area contributed by atoms with Crippen LogP contribution in [0.3, 0.4) is 0 Å². The van der Waals surface area contributed by atoms with Crippen molar-refractivity contribution in [3.8, 4) is 0 Å². The molecule has 0 bridgehead atoms. The van der Waals surface area contributed by atoms with Crippen LogP contribution in [-0.4, -0.2) is 24.1 Å². The molecule has 0 saturated carbocycles. The van der Waals surface area contributed by atoms with E-state index in [1.165, 1.54) is 5.69 Å². The third-order valence-electron chi connectivity index (χ3n) is 3.81. The second-order valence-corrected chi connectivity index (χ2v) is 6.53. The predicted octanol–water partition coefficient (Wildman–Crippen LogP) is 4.58. The molecule has 0 unspecified atom stereocenters. The molecule has 1 saturated heterocycles. The van der Waals surface area contributed by atoms with Gasteiger partial charge < -0.3 is 10.2 Å². The Hall–Kier alpha value is -1.26. The lowest BCUT2D eigenvalue weighted by Crippen LogP contribution is -2.39. The lowest BCUT2D eigenvalue weighted by Gasteiger charge is -2.34. The molecule has 0 spiro atoms. The van der Waals surface area contributed by atoms with E-state index >= 15 is 0 Å². The average molecular weight is 367 g/mol. The van der Waals surface area contributed by atoms with Gasteiger partial charge in [-0.15, -0.1) is 0 Å². The zero-order chi connectivity index (χ0) is 14.7. The number of hydrogen-bond donors (Lipinski definition) is 1. The summed E-state index contributed by atoms with van der Waals surface area (Å²) in [6, 6.07) is 10.5. The minimum Gasteiger partial charge on any atom is -0.381 e. The van der Waals surface area contributed by atoms with Crippen molar-refractivity contribution in [1.29, 1.82) is 0 Å². The lowest BCUT2D eigenvalue weighted by atomic mass is 10.0. The maximum Gasteiger partial charge on any atom is 0.0501 e. The van der Waals surface area contributed by atoms with Crippen LogP contribution in [0.5, 0.6) is 0 Å². The van der Waals surface area contributed by atoms with Gasteiger partial charge in [-0.2, -0.15) is 0 Å². The van der Waals surface area contributed by atoms with E-state index in [4.69, 9.17) is 11.6 Å². The van der Waals surface area contributed by atoms with Gasteiger partial charge in [-0.05, 0) is 59.1 Å². The Balaban J connectivity index is 1.60. The number of benzene rings is 1. The van der Waals surface area contributed by atoms with Crippen molar-refractivity contribution >= 4 is 38.9 Å². The molecule has 0 radical (unpaired) electrons. The Labute approximate surface area is 138 Å². The summed E-state index contributed by atoms with van der Waals surface area (Å²) in [6.45, 7) is 2.11. The molecule has 1 aromatic carbocycles. The van der Waals surface area contributed by atoms with Crippen LogP contribution in [0.15, 0.2) is 47.2 Å². The fraction of sp³-hybridized carbons (Fsp3) is 0.312. The van der Waals surface area contributed by atoms with Crippen molar-refractivity contribution in [2.75, 3.05) is 23.3 Å². The van der Waals surface area contributed by atoms with Crippen molar-refractivity contribution < 1.29 is 0 Å². The second kappa shape index (κ2) is 6.67. The fourth-order valence-corrected chi connectivity index (χ4v) is 3.20. The monoisotopic (exact) mass is 365 g/mol. The highest BCUT2D eigenvalue weighted by Gasteiger charge is 2.19. The molecule has 2 heterocycles. The Kier molecular flexibility index (Phi) is 4.66. The van der Waals surface area contributed by atoms with Crippen LogP contribution >= 0.6 is 27.5 Å². The Morgan fingerprint density at radius 1 is 1.14 bits per heavy atom. The number of pyridine rings is 1. The van der Waals surface area contributed by atoms with Crippen molar-refractivity contribution in [2.45, 2.75) is 18.9 Å². The highest BCUT2D eigenvalue weighted by atomic mass is 79.9. The third kappa shape index (κ3) is 3.69. The van der Waals surface area contributed by atoms with Crippen LogP contribution in [0.2, 0.25) is 5.02 Å². The molecule has 5 heteroatoms. The maximum atomic E-state index is 6.06. The van der Waals surface area contributed by atoms with Gasteiger partial charge >= 0.3 is 0 Å². The summed E-state index contributed by atoms with van der Waals surface area (Å²) in [5.41, 5.74) is 2.33. The molecule has 21 heavy (non-hydrogen) atoms. The highest BCUT2D eigenvalue weighted by molar-refractivity contribution is 9.10. The predicted molar refractivity (Wildman–Crippen MR) is 92.2 cm³/mol. The summed E-state index contributed by atoms with van der Waals surface area (Å²) in [4.78, 5) is 6.48. The second-order valence-electron chi connectivity index (χ2n) is 5.24. The van der Waals surface area contributed by atoms with Gasteiger partial charge in [-0.3, -0.25) is 4.98 Å². The molecule has 1 fully saturated rings. The first-order valence-corrected chi connectivity index (χ1v) is 8.26. The minimum atomic E-state index is 0.484. The number of piperidine rings is 1. The van der Waals surface area contributed by atoms with Crippen LogP contribution in [0, 0.1) is 0 Å². The van der Waals surface area contributed by atoms with E-state index in [-0.39, 0.29) is 0 Å². The van der Waals surface area contributed by atoms with E-state index in [0.29, 0.717) is 6.04 Å². The van der Waals surface area contributed by atoms with Crippen molar-refractivity contribution in [2.24, 2.45) is 0 Å². The highest BCUT2D eigenvalue weighted by Crippen LogP contribution is 2.28. The normalized spacial score (nSPS) is 16.0. The summed E-state index contributed by atoms with van der Waals surface area (Å²) >= 11 is 9.63. The van der Waals surface area contributed by atoms with E-state index in [2.05, 4.69) is 43.3 Å². The summed E-state index contributed by atoms with van der Waals surface area (Å²) in [5.74, 6) is 0. The molecule has 2 aromatic rings. The van der Waals surface area contributed by atoms with E-state index in [0.717, 1.165) is 41.1 Å². The largest absolute Gasteiger partial charge is 0.381 e. The number of aromatic nitrogens is 1. The van der Waals surface area contributed by atoms with Gasteiger partial charge in [-0.1, -0.05) is 11.6 Å². The van der Waals surface area contributed by atoms with Crippen molar-refractivity contribution in [1.82, 2.24) is 4.98 Å². The lowest BCUT2D eigenvalue weighted by molar-refractivity contribution is 0.526. The summed E-state index contributed by atoms with van der Waals surface area (Å²) in [5, 5.41) is 4.35. The molecular formula is C16H17BrClN3. The minimum absolute atomic E-state index is 0.484. The summed E-state index contributed by atoms with van der Waals surface area (Å²) in [7, 11) is 0. The van der Waals surface area contributed by atoms with Crippen LogP contribution in [0.1, 0.15) is 12.8 Å². The van der Waals surface area contributed by atoms with E-state index in [9.17, 15) is 0 Å². The molecule has 0 atom stereocenters. The first-order chi connectivity index (χ1) is 10.2. The first kappa shape index (κ1) is 14.7. The van der Waals surface area contributed by atoms with Gasteiger partial charge in [0.25, 0.3) is 0 Å². The van der Waals surface area contributed by atoms with Gasteiger partial charge in [0, 0.05) is 46.7 Å². The number of anilines is 2. The van der Waals surface area contributed by atoms with Gasteiger partial charge in [0.15, 0.2) is 0 Å². The molecule has 1 aromatic heterocycles. The van der Waals surface area contributed by atoms with Crippen molar-refractivity contribution in [3.05, 3.63) is 52.2 Å². The molecule has 1 N–H and O–H groups in total. The molecule has 0 aliphatic carbocycles. The zero-order valence-electron chi connectivity index (χ0n) is 11.6. The number of hydrogen-bond acceptors (Lipinski definition) is 3. The fourth-order valence-electron chi connectivity index (χ4n) is 2.66. The maximum absolute atomic E-state index is 6.06. The van der Waals surface area contributed by atoms with E-state index < -0.39 is 0 Å². The number of rotatable bonds is 3. The van der Waals surface area contributed by atoms with Gasteiger partial charge in [-0.25, -0.2) is 0 Å². The first-order valence-electron chi connectivity index (χ1n) is 7.09. The van der Waals surface area contributed by atoms with Gasteiger partial charge in [0.1, 0.15) is 0 Å². The van der Waals surface area contributed by atoms with Crippen LogP contribution in [-0.2, 0) is 0 Å². The van der Waals surface area contributed by atoms with Crippen LogP contribution in [0.4, 0.5) is 11.4 Å². The number of nitrogens with one attached hydrogen (secondary N) is 1. The summed E-state index contributed by atoms with van der Waals surface area (Å²) < 4.78 is 1.06. The van der Waals surface area contributed by atoms with Crippen LogP contribution < -0.4 is 10.2 Å². The standard InChI is InChI=1S/C16H17BrClN3/c17-15-2-1-12(18)11-16(15)20-13-5-9-21(10-6-13)14-3-7-19-8-4-14/h1-4,7-8,11,13,20H,5-6,9-10H2. The Bertz CT molecular complexity index is 598. The molecule has 1 aliphatic heterocycles. The number of nitrogens with zero attached hydrogens (tertiary/aromatic N) is 2. The van der Waals surface area contributed by atoms with Gasteiger partial charge in [0.05, 0.1) is 5.69 Å². The molecule has 3 rings (SSSR count). The Morgan fingerprint density at radius 2 is 1.86 bits per heavy atom. The topological polar surface area (TPSA) is 28.2 Å². The van der Waals surface area contributed by atoms with Crippen molar-refractivity contribution in [3.63, 3.8) is 0 Å². The Morgan fingerprint density at radius 3 is 2.57 bits per heavy atom. The molecular weight excluding hydrogens is 350 g/mol. The number of halogens is 2. The quantitative estimate of drug-likeness (QED) is 0.862. The summed E-state index contributed by atoms with van der Waals surface area (Å²) in [6.07, 6.45) is 5.92. The third-order valence-corrected chi connectivity index (χ3v) is 4.74. The molecule has 0 amide bonds. The molecule has 110 valence electrons. The SMILES string of the molecule is Clc1ccc(Br)c(NC2CCN(c3ccncc3)CC2)c1. The van der Waals surface area contributed by atoms with Gasteiger partial charge in [0.2, 0.25) is 0 Å². The average Bonchev–Trinajstić information content (AvgIpc) is 2.53. The van der Waals surface area contributed by atoms with E-state index in [1.54, 1.807) is 0 Å². The molecule has 3 nitrogen and oxygen atoms in total. The smallest absolute Gasteiger partial charge is 0.0501 e. The molecule has 1 aliphatic rings. The van der Waals surface area contributed by atoms with Crippen LogP contribution in [0.25, 0.3) is 0 Å². The van der Waals surface area contributed by atoms with E-state index in [1.807, 2.05) is 30.6 Å². The zero-order valence-corrected chi connectivity index (χ0v) is 13.9.